The molecule has 0 saturated heterocycles. The number of nitrogens with one attached hydrogen (secondary N) is 1. The van der Waals surface area contributed by atoms with Crippen molar-refractivity contribution < 1.29 is 8.78 Å². The maximum atomic E-state index is 13.2. The van der Waals surface area contributed by atoms with Gasteiger partial charge in [0.25, 0.3) is 0 Å². The van der Waals surface area contributed by atoms with E-state index in [4.69, 9.17) is 0 Å². The van der Waals surface area contributed by atoms with Crippen molar-refractivity contribution in [1.29, 1.82) is 0 Å². The van der Waals surface area contributed by atoms with Crippen LogP contribution in [0.2, 0.25) is 0 Å². The second-order valence-corrected chi connectivity index (χ2v) is 4.44. The van der Waals surface area contributed by atoms with Crippen LogP contribution < -0.4 is 5.32 Å². The SMILES string of the molecule is CNC(CCc1ccncc1)c1cc(F)cc(F)c1. The third-order valence-corrected chi connectivity index (χ3v) is 3.11. The lowest BCUT2D eigenvalue weighted by Crippen LogP contribution is -2.17. The number of halogens is 2. The summed E-state index contributed by atoms with van der Waals surface area (Å²) in [5, 5.41) is 3.09. The molecule has 1 heterocycles. The number of nitrogens with zero attached hydrogens (tertiary/aromatic N) is 1. The lowest BCUT2D eigenvalue weighted by Gasteiger charge is -2.17. The van der Waals surface area contributed by atoms with Crippen molar-refractivity contribution in [3.05, 3.63) is 65.5 Å². The second kappa shape index (κ2) is 6.38. The van der Waals surface area contributed by atoms with E-state index in [0.29, 0.717) is 5.56 Å². The van der Waals surface area contributed by atoms with E-state index in [0.717, 1.165) is 24.5 Å². The smallest absolute Gasteiger partial charge is 0.126 e. The van der Waals surface area contributed by atoms with Gasteiger partial charge in [-0.05, 0) is 55.3 Å². The van der Waals surface area contributed by atoms with Crippen molar-refractivity contribution >= 4 is 0 Å². The van der Waals surface area contributed by atoms with Gasteiger partial charge in [-0.3, -0.25) is 4.98 Å². The molecule has 1 atom stereocenters. The van der Waals surface area contributed by atoms with Crippen LogP contribution in [-0.4, -0.2) is 12.0 Å². The largest absolute Gasteiger partial charge is 0.313 e. The molecule has 0 bridgehead atoms. The Labute approximate surface area is 111 Å². The minimum absolute atomic E-state index is 0.0710. The fourth-order valence-electron chi connectivity index (χ4n) is 2.11. The lowest BCUT2D eigenvalue weighted by molar-refractivity contribution is 0.528. The summed E-state index contributed by atoms with van der Waals surface area (Å²) in [6.07, 6.45) is 5.08. The van der Waals surface area contributed by atoms with Crippen LogP contribution in [0.4, 0.5) is 8.78 Å². The molecule has 1 unspecified atom stereocenters. The van der Waals surface area contributed by atoms with Crippen LogP contribution in [0.25, 0.3) is 0 Å². The number of pyridine rings is 1. The third-order valence-electron chi connectivity index (χ3n) is 3.11. The Morgan fingerprint density at radius 2 is 1.74 bits per heavy atom. The quantitative estimate of drug-likeness (QED) is 0.894. The van der Waals surface area contributed by atoms with Gasteiger partial charge in [-0.25, -0.2) is 8.78 Å². The summed E-state index contributed by atoms with van der Waals surface area (Å²) in [4.78, 5) is 3.96. The number of rotatable bonds is 5. The molecule has 0 fully saturated rings. The monoisotopic (exact) mass is 262 g/mol. The first-order valence-electron chi connectivity index (χ1n) is 6.21. The van der Waals surface area contributed by atoms with Crippen LogP contribution in [0.3, 0.4) is 0 Å². The van der Waals surface area contributed by atoms with E-state index in [-0.39, 0.29) is 6.04 Å². The first kappa shape index (κ1) is 13.6. The zero-order valence-corrected chi connectivity index (χ0v) is 10.7. The summed E-state index contributed by atoms with van der Waals surface area (Å²) in [5.41, 5.74) is 1.79. The van der Waals surface area contributed by atoms with Crippen molar-refractivity contribution in [1.82, 2.24) is 10.3 Å². The lowest BCUT2D eigenvalue weighted by atomic mass is 9.99. The molecule has 1 aromatic carbocycles. The minimum atomic E-state index is -0.542. The van der Waals surface area contributed by atoms with Crippen LogP contribution in [0.1, 0.15) is 23.6 Å². The highest BCUT2D eigenvalue weighted by Crippen LogP contribution is 2.20. The van der Waals surface area contributed by atoms with Gasteiger partial charge in [0, 0.05) is 24.5 Å². The summed E-state index contributed by atoms with van der Waals surface area (Å²) < 4.78 is 26.4. The molecule has 0 aliphatic carbocycles. The van der Waals surface area contributed by atoms with E-state index >= 15 is 0 Å². The molecule has 2 nitrogen and oxygen atoms in total. The van der Waals surface area contributed by atoms with Gasteiger partial charge in [-0.2, -0.15) is 0 Å². The third kappa shape index (κ3) is 3.83. The first-order chi connectivity index (χ1) is 9.19. The molecule has 0 amide bonds. The Morgan fingerprint density at radius 3 is 2.32 bits per heavy atom. The topological polar surface area (TPSA) is 24.9 Å². The van der Waals surface area contributed by atoms with Gasteiger partial charge >= 0.3 is 0 Å². The van der Waals surface area contributed by atoms with Crippen LogP contribution >= 0.6 is 0 Å². The average Bonchev–Trinajstić information content (AvgIpc) is 2.39. The Hall–Kier alpha value is -1.81. The fourth-order valence-corrected chi connectivity index (χ4v) is 2.11. The Morgan fingerprint density at radius 1 is 1.11 bits per heavy atom. The van der Waals surface area contributed by atoms with Gasteiger partial charge in [-0.1, -0.05) is 0 Å². The predicted octanol–water partition coefficient (Wildman–Crippen LogP) is 3.25. The first-order valence-corrected chi connectivity index (χ1v) is 6.21. The van der Waals surface area contributed by atoms with Crippen LogP contribution in [0, 0.1) is 11.6 Å². The summed E-state index contributed by atoms with van der Waals surface area (Å²) >= 11 is 0. The molecule has 2 aromatic rings. The van der Waals surface area contributed by atoms with E-state index in [1.807, 2.05) is 12.1 Å². The van der Waals surface area contributed by atoms with Gasteiger partial charge in [0.1, 0.15) is 11.6 Å². The highest BCUT2D eigenvalue weighted by molar-refractivity contribution is 5.22. The molecule has 19 heavy (non-hydrogen) atoms. The highest BCUT2D eigenvalue weighted by atomic mass is 19.1. The van der Waals surface area contributed by atoms with E-state index in [1.54, 1.807) is 19.4 Å². The van der Waals surface area contributed by atoms with Crippen molar-refractivity contribution in [2.45, 2.75) is 18.9 Å². The van der Waals surface area contributed by atoms with Gasteiger partial charge in [0.15, 0.2) is 0 Å². The van der Waals surface area contributed by atoms with Crippen molar-refractivity contribution in [3.63, 3.8) is 0 Å². The van der Waals surface area contributed by atoms with Crippen LogP contribution in [0.5, 0.6) is 0 Å². The minimum Gasteiger partial charge on any atom is -0.313 e. The Balaban J connectivity index is 2.07. The molecule has 2 rings (SSSR count). The number of aromatic nitrogens is 1. The van der Waals surface area contributed by atoms with Crippen LogP contribution in [-0.2, 0) is 6.42 Å². The molecular weight excluding hydrogens is 246 g/mol. The highest BCUT2D eigenvalue weighted by Gasteiger charge is 2.11. The standard InChI is InChI=1S/C15H16F2N2/c1-18-15(3-2-11-4-6-19-7-5-11)12-8-13(16)10-14(17)9-12/h4-10,15,18H,2-3H2,1H3. The van der Waals surface area contributed by atoms with Gasteiger partial charge in [-0.15, -0.1) is 0 Å². The van der Waals surface area contributed by atoms with Crippen molar-refractivity contribution in [2.75, 3.05) is 7.05 Å². The molecule has 0 spiro atoms. The Kier molecular flexibility index (Phi) is 4.58. The number of hydrogen-bond acceptors (Lipinski definition) is 2. The average molecular weight is 262 g/mol. The fraction of sp³-hybridized carbons (Fsp3) is 0.267. The predicted molar refractivity (Wildman–Crippen MR) is 70.7 cm³/mol. The van der Waals surface area contributed by atoms with Crippen LogP contribution in [0.15, 0.2) is 42.7 Å². The maximum absolute atomic E-state index is 13.2. The number of hydrogen-bond donors (Lipinski definition) is 1. The summed E-state index contributed by atoms with van der Waals surface area (Å²) in [6, 6.07) is 7.45. The zero-order valence-electron chi connectivity index (χ0n) is 10.7. The second-order valence-electron chi connectivity index (χ2n) is 4.44. The van der Waals surface area contributed by atoms with Gasteiger partial charge < -0.3 is 5.32 Å². The van der Waals surface area contributed by atoms with Crippen molar-refractivity contribution in [2.24, 2.45) is 0 Å². The number of aryl methyl sites for hydroxylation is 1. The molecule has 4 heteroatoms. The zero-order chi connectivity index (χ0) is 13.7. The molecule has 100 valence electrons. The Bertz CT molecular complexity index is 509. The molecule has 0 aliphatic rings. The summed E-state index contributed by atoms with van der Waals surface area (Å²) in [6.45, 7) is 0. The molecular formula is C15H16F2N2. The summed E-state index contributed by atoms with van der Waals surface area (Å²) in [7, 11) is 1.79. The molecule has 1 aromatic heterocycles. The molecule has 1 N–H and O–H groups in total. The molecule has 0 radical (unpaired) electrons. The van der Waals surface area contributed by atoms with E-state index in [2.05, 4.69) is 10.3 Å². The number of benzene rings is 1. The maximum Gasteiger partial charge on any atom is 0.126 e. The normalized spacial score (nSPS) is 12.4. The van der Waals surface area contributed by atoms with Gasteiger partial charge in [0.2, 0.25) is 0 Å². The molecule has 0 aliphatic heterocycles. The van der Waals surface area contributed by atoms with E-state index < -0.39 is 11.6 Å². The van der Waals surface area contributed by atoms with E-state index in [1.165, 1.54) is 12.1 Å². The van der Waals surface area contributed by atoms with E-state index in [9.17, 15) is 8.78 Å². The van der Waals surface area contributed by atoms with Crippen molar-refractivity contribution in [3.8, 4) is 0 Å². The molecule has 0 saturated carbocycles. The van der Waals surface area contributed by atoms with Gasteiger partial charge in [0.05, 0.1) is 0 Å². The summed E-state index contributed by atoms with van der Waals surface area (Å²) in [5.74, 6) is -1.08.